The molecule has 4 nitrogen and oxygen atoms in total. The molecule has 1 aliphatic carbocycles. The van der Waals surface area contributed by atoms with Crippen LogP contribution in [0, 0.1) is 0 Å². The molecule has 0 aliphatic heterocycles. The number of nitrogens with one attached hydrogen (secondary N) is 2. The third kappa shape index (κ3) is 1.43. The lowest BCUT2D eigenvalue weighted by molar-refractivity contribution is 1.02. The van der Waals surface area contributed by atoms with Gasteiger partial charge in [-0.3, -0.25) is 9.78 Å². The quantitative estimate of drug-likeness (QED) is 0.596. The highest BCUT2D eigenvalue weighted by Crippen LogP contribution is 2.11. The van der Waals surface area contributed by atoms with Gasteiger partial charge in [0.15, 0.2) is 0 Å². The van der Waals surface area contributed by atoms with Crippen LogP contribution in [0.4, 0.5) is 0 Å². The van der Waals surface area contributed by atoms with Crippen molar-refractivity contribution in [1.82, 2.24) is 9.97 Å². The van der Waals surface area contributed by atoms with E-state index in [0.717, 1.165) is 0 Å². The molecular formula is C9H6N2O2. The van der Waals surface area contributed by atoms with Crippen molar-refractivity contribution >= 4 is 5.57 Å². The van der Waals surface area contributed by atoms with Gasteiger partial charge in [-0.2, -0.15) is 0 Å². The smallest absolute Gasteiger partial charge is 0.306 e. The van der Waals surface area contributed by atoms with Crippen LogP contribution in [0.25, 0.3) is 5.57 Å². The van der Waals surface area contributed by atoms with Gasteiger partial charge in [0, 0.05) is 11.6 Å². The summed E-state index contributed by atoms with van der Waals surface area (Å²) >= 11 is 0. The largest absolute Gasteiger partial charge is 0.326 e. The maximum absolute atomic E-state index is 10.9. The van der Waals surface area contributed by atoms with Crippen LogP contribution < -0.4 is 11.2 Å². The van der Waals surface area contributed by atoms with Gasteiger partial charge in [0.05, 0.1) is 5.69 Å². The molecule has 0 aromatic carbocycles. The van der Waals surface area contributed by atoms with Crippen LogP contribution in [0.2, 0.25) is 0 Å². The Morgan fingerprint density at radius 2 is 2.08 bits per heavy atom. The molecule has 0 saturated heterocycles. The normalized spacial score (nSPS) is 13.4. The molecule has 0 radical (unpaired) electrons. The maximum Gasteiger partial charge on any atom is 0.326 e. The fourth-order valence-electron chi connectivity index (χ4n) is 1.11. The summed E-state index contributed by atoms with van der Waals surface area (Å²) in [7, 11) is 0. The Bertz CT molecular complexity index is 511. The van der Waals surface area contributed by atoms with Crippen LogP contribution in [0.3, 0.4) is 0 Å². The molecule has 4 heteroatoms. The molecule has 1 heterocycles. The van der Waals surface area contributed by atoms with Crippen LogP contribution in [0.5, 0.6) is 0 Å². The standard InChI is InChI=1S/C9H6N2O2/c12-8-5-7(10-9(13)11-8)6-3-1-2-4-6/h1-3,5H,(H2,10,11,12,13). The molecule has 2 N–H and O–H groups in total. The summed E-state index contributed by atoms with van der Waals surface area (Å²) in [6, 6.07) is 1.33. The summed E-state index contributed by atoms with van der Waals surface area (Å²) in [5.74, 6) is 0. The molecule has 64 valence electrons. The Hall–Kier alpha value is -2.06. The van der Waals surface area contributed by atoms with Crippen molar-refractivity contribution in [3.8, 4) is 0 Å². The second-order valence-electron chi connectivity index (χ2n) is 2.59. The van der Waals surface area contributed by atoms with E-state index in [2.05, 4.69) is 15.7 Å². The van der Waals surface area contributed by atoms with Crippen molar-refractivity contribution in [2.75, 3.05) is 0 Å². The zero-order valence-corrected chi connectivity index (χ0v) is 6.63. The van der Waals surface area contributed by atoms with Crippen molar-refractivity contribution < 1.29 is 0 Å². The average molecular weight is 174 g/mol. The number of aromatic amines is 2. The Balaban J connectivity index is 2.66. The lowest BCUT2D eigenvalue weighted by Gasteiger charge is -1.95. The topological polar surface area (TPSA) is 65.7 Å². The first kappa shape index (κ1) is 7.58. The predicted octanol–water partition coefficient (Wildman–Crippen LogP) is 0.171. The highest BCUT2D eigenvalue weighted by atomic mass is 16.2. The predicted molar refractivity (Wildman–Crippen MR) is 48.3 cm³/mol. The highest BCUT2D eigenvalue weighted by Gasteiger charge is 2.01. The van der Waals surface area contributed by atoms with E-state index < -0.39 is 11.2 Å². The van der Waals surface area contributed by atoms with Gasteiger partial charge in [-0.15, -0.1) is 5.73 Å². The fraction of sp³-hybridized carbons (Fsp3) is 0. The lowest BCUT2D eigenvalue weighted by Crippen LogP contribution is -2.22. The summed E-state index contributed by atoms with van der Waals surface area (Å²) in [6.45, 7) is 0. The van der Waals surface area contributed by atoms with Crippen molar-refractivity contribution in [3.05, 3.63) is 56.6 Å². The van der Waals surface area contributed by atoms with Gasteiger partial charge in [-0.1, -0.05) is 6.08 Å². The molecule has 0 atom stereocenters. The molecule has 0 saturated carbocycles. The molecule has 1 aliphatic rings. The minimum Gasteiger partial charge on any atom is -0.306 e. The third-order valence-corrected chi connectivity index (χ3v) is 1.65. The molecule has 0 amide bonds. The van der Waals surface area contributed by atoms with Crippen LogP contribution >= 0.6 is 0 Å². The van der Waals surface area contributed by atoms with E-state index in [-0.39, 0.29) is 0 Å². The first-order valence-corrected chi connectivity index (χ1v) is 3.73. The molecule has 0 fully saturated rings. The van der Waals surface area contributed by atoms with Crippen molar-refractivity contribution in [3.63, 3.8) is 0 Å². The summed E-state index contributed by atoms with van der Waals surface area (Å²) in [4.78, 5) is 26.4. The minimum absolute atomic E-state index is 0.409. The maximum atomic E-state index is 10.9. The monoisotopic (exact) mass is 174 g/mol. The third-order valence-electron chi connectivity index (χ3n) is 1.65. The summed E-state index contributed by atoms with van der Waals surface area (Å²) in [5.41, 5.74) is 3.17. The summed E-state index contributed by atoms with van der Waals surface area (Å²) < 4.78 is 0. The highest BCUT2D eigenvalue weighted by molar-refractivity contribution is 5.73. The van der Waals surface area contributed by atoms with Gasteiger partial charge in [-0.05, 0) is 12.2 Å². The zero-order chi connectivity index (χ0) is 9.26. The van der Waals surface area contributed by atoms with Gasteiger partial charge < -0.3 is 4.98 Å². The van der Waals surface area contributed by atoms with Gasteiger partial charge in [0.2, 0.25) is 0 Å². The SMILES string of the molecule is O=c1cc(C2=C=CC=C2)[nH]c(=O)[nH]1. The number of hydrogen-bond acceptors (Lipinski definition) is 2. The summed E-state index contributed by atoms with van der Waals surface area (Å²) in [6.07, 6.45) is 5.27. The first-order valence-electron chi connectivity index (χ1n) is 3.73. The van der Waals surface area contributed by atoms with E-state index in [1.807, 2.05) is 0 Å². The lowest BCUT2D eigenvalue weighted by atomic mass is 10.2. The van der Waals surface area contributed by atoms with Crippen molar-refractivity contribution in [2.24, 2.45) is 0 Å². The van der Waals surface area contributed by atoms with E-state index in [1.165, 1.54) is 6.07 Å². The number of aromatic nitrogens is 2. The van der Waals surface area contributed by atoms with Crippen LogP contribution in [0.15, 0.2) is 39.6 Å². The minimum atomic E-state index is -0.503. The van der Waals surface area contributed by atoms with Crippen molar-refractivity contribution in [1.29, 1.82) is 0 Å². The van der Waals surface area contributed by atoms with E-state index in [9.17, 15) is 9.59 Å². The Morgan fingerprint density at radius 1 is 1.23 bits per heavy atom. The number of H-pyrrole nitrogens is 2. The van der Waals surface area contributed by atoms with Crippen LogP contribution in [0.1, 0.15) is 5.69 Å². The molecule has 13 heavy (non-hydrogen) atoms. The van der Waals surface area contributed by atoms with Gasteiger partial charge >= 0.3 is 5.69 Å². The van der Waals surface area contributed by atoms with Crippen LogP contribution in [-0.4, -0.2) is 9.97 Å². The van der Waals surface area contributed by atoms with E-state index >= 15 is 0 Å². The van der Waals surface area contributed by atoms with E-state index in [4.69, 9.17) is 0 Å². The Labute approximate surface area is 72.9 Å². The average Bonchev–Trinajstić information content (AvgIpc) is 2.53. The molecule has 0 unspecified atom stereocenters. The van der Waals surface area contributed by atoms with Crippen LogP contribution in [-0.2, 0) is 0 Å². The molecule has 1 aromatic rings. The molecular weight excluding hydrogens is 168 g/mol. The second kappa shape index (κ2) is 2.77. The fourth-order valence-corrected chi connectivity index (χ4v) is 1.11. The van der Waals surface area contributed by atoms with Crippen molar-refractivity contribution in [2.45, 2.75) is 0 Å². The number of rotatable bonds is 1. The summed E-state index contributed by atoms with van der Waals surface area (Å²) in [5, 5.41) is 0. The van der Waals surface area contributed by atoms with E-state index in [0.29, 0.717) is 11.3 Å². The van der Waals surface area contributed by atoms with Gasteiger partial charge in [0.1, 0.15) is 0 Å². The first-order chi connectivity index (χ1) is 6.25. The Kier molecular flexibility index (Phi) is 1.61. The molecule has 1 aromatic heterocycles. The van der Waals surface area contributed by atoms with Gasteiger partial charge in [0.25, 0.3) is 5.56 Å². The molecule has 2 rings (SSSR count). The Morgan fingerprint density at radius 3 is 2.69 bits per heavy atom. The molecule has 0 bridgehead atoms. The number of allylic oxidation sites excluding steroid dienone is 3. The zero-order valence-electron chi connectivity index (χ0n) is 6.63. The van der Waals surface area contributed by atoms with E-state index in [1.54, 1.807) is 18.2 Å². The van der Waals surface area contributed by atoms with Gasteiger partial charge in [-0.25, -0.2) is 4.79 Å². The second-order valence-corrected chi connectivity index (χ2v) is 2.59. The number of hydrogen-bond donors (Lipinski definition) is 2. The molecule has 0 spiro atoms.